The molecule has 2 heterocycles. The fourth-order valence-corrected chi connectivity index (χ4v) is 6.92. The largest absolute Gasteiger partial charge is 0.330 e. The van der Waals surface area contributed by atoms with Crippen molar-refractivity contribution in [1.29, 1.82) is 0 Å². The van der Waals surface area contributed by atoms with Crippen LogP contribution in [0.3, 0.4) is 0 Å². The minimum absolute atomic E-state index is 0.355. The van der Waals surface area contributed by atoms with Crippen LogP contribution >= 0.6 is 0 Å². The van der Waals surface area contributed by atoms with Crippen LogP contribution in [0.1, 0.15) is 37.3 Å². The smallest absolute Gasteiger partial charge is 0.123 e. The van der Waals surface area contributed by atoms with E-state index in [1.807, 2.05) is 0 Å². The maximum absolute atomic E-state index is 5.21. The third-order valence-electron chi connectivity index (χ3n) is 9.38. The number of benzene rings is 4. The van der Waals surface area contributed by atoms with E-state index in [9.17, 15) is 0 Å². The number of nitrogens with one attached hydrogen (secondary N) is 2. The van der Waals surface area contributed by atoms with Gasteiger partial charge in [-0.2, -0.15) is 0 Å². The minimum Gasteiger partial charge on any atom is -0.330 e. The summed E-state index contributed by atoms with van der Waals surface area (Å²) in [5.74, 6) is 2.09. The lowest BCUT2D eigenvalue weighted by Gasteiger charge is -2.33. The van der Waals surface area contributed by atoms with Gasteiger partial charge in [-0.15, -0.1) is 0 Å². The monoisotopic (exact) mass is 606 g/mol. The van der Waals surface area contributed by atoms with Gasteiger partial charge in [-0.3, -0.25) is 0 Å². The Morgan fingerprint density at radius 1 is 0.500 bits per heavy atom. The van der Waals surface area contributed by atoms with Crippen molar-refractivity contribution in [2.24, 2.45) is 14.1 Å². The van der Waals surface area contributed by atoms with Crippen molar-refractivity contribution < 1.29 is 0 Å². The minimum atomic E-state index is 0.355. The molecule has 4 aromatic carbocycles. The van der Waals surface area contributed by atoms with Gasteiger partial charge in [0.25, 0.3) is 0 Å². The molecule has 1 saturated carbocycles. The van der Waals surface area contributed by atoms with Crippen molar-refractivity contribution in [3.63, 3.8) is 0 Å². The van der Waals surface area contributed by atoms with Crippen molar-refractivity contribution in [3.05, 3.63) is 133 Å². The zero-order valence-corrected chi connectivity index (χ0v) is 26.7. The van der Waals surface area contributed by atoms with Gasteiger partial charge in [-0.25, -0.2) is 9.97 Å². The Balaban J connectivity index is 1.11. The predicted octanol–water partition coefficient (Wildman–Crippen LogP) is 8.01. The molecule has 6 heteroatoms. The molecule has 0 aliphatic heterocycles. The first kappa shape index (κ1) is 29.9. The van der Waals surface area contributed by atoms with Crippen LogP contribution in [0, 0.1) is 0 Å². The molecule has 0 radical (unpaired) electrons. The molecule has 6 aromatic rings. The fourth-order valence-electron chi connectivity index (χ4n) is 6.92. The Hall–Kier alpha value is -4.78. The molecule has 7 rings (SSSR count). The van der Waals surface area contributed by atoms with Crippen molar-refractivity contribution >= 4 is 0 Å². The summed E-state index contributed by atoms with van der Waals surface area (Å²) in [6.45, 7) is 1.43. The molecule has 2 atom stereocenters. The Kier molecular flexibility index (Phi) is 8.90. The fraction of sp³-hybridized carbons (Fsp3) is 0.250. The summed E-state index contributed by atoms with van der Waals surface area (Å²) in [4.78, 5) is 10.4. The number of hydrogen-bond acceptors (Lipinski definition) is 4. The quantitative estimate of drug-likeness (QED) is 0.166. The summed E-state index contributed by atoms with van der Waals surface area (Å²) in [7, 11) is 4.29. The molecule has 232 valence electrons. The Morgan fingerprint density at radius 3 is 1.17 bits per heavy atom. The van der Waals surface area contributed by atoms with Crippen LogP contribution in [-0.4, -0.2) is 31.2 Å². The van der Waals surface area contributed by atoms with Crippen molar-refractivity contribution in [2.75, 3.05) is 0 Å². The van der Waals surface area contributed by atoms with Crippen LogP contribution in [-0.2, 0) is 27.2 Å². The molecule has 1 fully saturated rings. The van der Waals surface area contributed by atoms with E-state index in [4.69, 9.17) is 9.97 Å². The van der Waals surface area contributed by atoms with Gasteiger partial charge in [0.1, 0.15) is 11.6 Å². The highest BCUT2D eigenvalue weighted by molar-refractivity contribution is 5.80. The van der Waals surface area contributed by atoms with Crippen LogP contribution in [0.2, 0.25) is 0 Å². The zero-order chi connectivity index (χ0) is 31.3. The first-order valence-electron chi connectivity index (χ1n) is 16.5. The highest BCUT2D eigenvalue weighted by atomic mass is 15.1. The SMILES string of the molecule is Cn1c(CN[C@H]2CCCC[C@@H]2NCc2nc(-c3ccccc3)c(-c3ccccc3)n2C)nc(-c2ccccc2)c1-c1ccccc1. The normalized spacial score (nSPS) is 16.5. The van der Waals surface area contributed by atoms with E-state index in [1.165, 1.54) is 24.0 Å². The van der Waals surface area contributed by atoms with E-state index in [1.54, 1.807) is 0 Å². The first-order chi connectivity index (χ1) is 22.7. The molecule has 0 spiro atoms. The van der Waals surface area contributed by atoms with E-state index in [0.29, 0.717) is 25.2 Å². The third kappa shape index (κ3) is 6.19. The second kappa shape index (κ2) is 13.7. The summed E-state index contributed by atoms with van der Waals surface area (Å²) in [5, 5.41) is 7.84. The molecule has 6 nitrogen and oxygen atoms in total. The topological polar surface area (TPSA) is 59.7 Å². The lowest BCUT2D eigenvalue weighted by atomic mass is 9.90. The summed E-state index contributed by atoms with van der Waals surface area (Å²) >= 11 is 0. The van der Waals surface area contributed by atoms with Crippen LogP contribution in [0.4, 0.5) is 0 Å². The van der Waals surface area contributed by atoms with Crippen LogP contribution in [0.15, 0.2) is 121 Å². The van der Waals surface area contributed by atoms with Crippen molar-refractivity contribution in [3.8, 4) is 45.0 Å². The van der Waals surface area contributed by atoms with Gasteiger partial charge in [-0.05, 0) is 12.8 Å². The van der Waals surface area contributed by atoms with Crippen LogP contribution in [0.25, 0.3) is 45.0 Å². The molecule has 46 heavy (non-hydrogen) atoms. The zero-order valence-electron chi connectivity index (χ0n) is 26.7. The summed E-state index contributed by atoms with van der Waals surface area (Å²) in [6.07, 6.45) is 4.76. The van der Waals surface area contributed by atoms with E-state index in [-0.39, 0.29) is 0 Å². The van der Waals surface area contributed by atoms with Gasteiger partial charge in [0.2, 0.25) is 0 Å². The molecule has 0 unspecified atom stereocenters. The molecule has 1 aliphatic carbocycles. The number of hydrogen-bond donors (Lipinski definition) is 2. The third-order valence-corrected chi connectivity index (χ3v) is 9.38. The molecule has 0 saturated heterocycles. The number of aromatic nitrogens is 4. The maximum atomic E-state index is 5.21. The Bertz CT molecular complexity index is 1720. The predicted molar refractivity (Wildman–Crippen MR) is 188 cm³/mol. The average molecular weight is 607 g/mol. The standard InChI is InChI=1S/C40H42N6/c1-45-35(43-37(29-17-7-3-8-18-29)39(45)31-21-11-5-12-22-31)27-41-33-25-15-16-26-34(33)42-28-36-44-38(30-19-9-4-10-20-30)40(46(36)2)32-23-13-6-14-24-32/h3-14,17-24,33-34,41-42H,15-16,25-28H2,1-2H3/t33-,34-/m0/s1. The highest BCUT2D eigenvalue weighted by Gasteiger charge is 2.27. The lowest BCUT2D eigenvalue weighted by Crippen LogP contribution is -2.49. The number of imidazole rings is 2. The second-order valence-electron chi connectivity index (χ2n) is 12.3. The Labute approximate surface area is 272 Å². The summed E-state index contributed by atoms with van der Waals surface area (Å²) in [5.41, 5.74) is 9.00. The average Bonchev–Trinajstić information content (AvgIpc) is 3.63. The van der Waals surface area contributed by atoms with Gasteiger partial charge in [0, 0.05) is 48.4 Å². The molecule has 2 aromatic heterocycles. The molecule has 1 aliphatic rings. The van der Waals surface area contributed by atoms with E-state index >= 15 is 0 Å². The van der Waals surface area contributed by atoms with E-state index < -0.39 is 0 Å². The van der Waals surface area contributed by atoms with Gasteiger partial charge in [0.15, 0.2) is 0 Å². The van der Waals surface area contributed by atoms with Crippen molar-refractivity contribution in [1.82, 2.24) is 29.7 Å². The summed E-state index contributed by atoms with van der Waals surface area (Å²) in [6, 6.07) is 43.0. The molecular weight excluding hydrogens is 564 g/mol. The van der Waals surface area contributed by atoms with Gasteiger partial charge in [0.05, 0.1) is 35.9 Å². The van der Waals surface area contributed by atoms with Gasteiger partial charge < -0.3 is 19.8 Å². The maximum Gasteiger partial charge on any atom is 0.123 e. The van der Waals surface area contributed by atoms with Gasteiger partial charge >= 0.3 is 0 Å². The number of nitrogens with zero attached hydrogens (tertiary/aromatic N) is 4. The molecule has 0 amide bonds. The molecule has 0 bridgehead atoms. The molecular formula is C40H42N6. The molecule has 2 N–H and O–H groups in total. The number of rotatable bonds is 10. The van der Waals surface area contributed by atoms with E-state index in [2.05, 4.69) is 155 Å². The Morgan fingerprint density at radius 2 is 0.826 bits per heavy atom. The van der Waals surface area contributed by atoms with E-state index in [0.717, 1.165) is 58.4 Å². The lowest BCUT2D eigenvalue weighted by molar-refractivity contribution is 0.277. The summed E-state index contributed by atoms with van der Waals surface area (Å²) < 4.78 is 4.53. The van der Waals surface area contributed by atoms with Crippen LogP contribution < -0.4 is 10.6 Å². The van der Waals surface area contributed by atoms with Crippen molar-refractivity contribution in [2.45, 2.75) is 50.9 Å². The first-order valence-corrected chi connectivity index (χ1v) is 16.5. The van der Waals surface area contributed by atoms with Crippen LogP contribution in [0.5, 0.6) is 0 Å². The second-order valence-corrected chi connectivity index (χ2v) is 12.3. The van der Waals surface area contributed by atoms with Gasteiger partial charge in [-0.1, -0.05) is 134 Å². The highest BCUT2D eigenvalue weighted by Crippen LogP contribution is 2.34.